The van der Waals surface area contributed by atoms with Crippen LogP contribution in [0.3, 0.4) is 0 Å². The molecular formula is C11H12BrN3S. The molecule has 3 nitrogen and oxygen atoms in total. The number of anilines is 3. The van der Waals surface area contributed by atoms with E-state index in [2.05, 4.69) is 43.3 Å². The number of hydrogen-bond acceptors (Lipinski definition) is 4. The molecule has 0 atom stereocenters. The molecule has 1 aromatic carbocycles. The van der Waals surface area contributed by atoms with Gasteiger partial charge in [0.05, 0.1) is 0 Å². The monoisotopic (exact) mass is 297 g/mol. The fourth-order valence-electron chi connectivity index (χ4n) is 1.28. The summed E-state index contributed by atoms with van der Waals surface area (Å²) >= 11 is 4.90. The van der Waals surface area contributed by atoms with Gasteiger partial charge in [-0.3, -0.25) is 0 Å². The summed E-state index contributed by atoms with van der Waals surface area (Å²) in [6.45, 7) is 0. The van der Waals surface area contributed by atoms with E-state index >= 15 is 0 Å². The lowest BCUT2D eigenvalue weighted by Gasteiger charge is -2.12. The largest absolute Gasteiger partial charge is 0.378 e. The summed E-state index contributed by atoms with van der Waals surface area (Å²) in [6, 6.07) is 8.24. The van der Waals surface area contributed by atoms with E-state index in [0.29, 0.717) is 0 Å². The molecule has 0 saturated carbocycles. The van der Waals surface area contributed by atoms with Gasteiger partial charge in [0.1, 0.15) is 4.60 Å². The van der Waals surface area contributed by atoms with Gasteiger partial charge in [0.25, 0.3) is 0 Å². The summed E-state index contributed by atoms with van der Waals surface area (Å²) in [5, 5.41) is 6.10. The van der Waals surface area contributed by atoms with Gasteiger partial charge in [0.2, 0.25) is 0 Å². The second-order valence-corrected chi connectivity index (χ2v) is 5.21. The predicted molar refractivity (Wildman–Crippen MR) is 73.9 cm³/mol. The second kappa shape index (κ2) is 4.84. The van der Waals surface area contributed by atoms with Gasteiger partial charge in [-0.05, 0) is 40.2 Å². The number of hydrogen-bond donors (Lipinski definition) is 1. The standard InChI is InChI=1S/C11H12BrN3S/c1-15(2)9-5-3-8(4-6-9)13-11-14-10(12)7-16-11/h3-7H,1-2H3,(H,13,14). The molecular weight excluding hydrogens is 286 g/mol. The van der Waals surface area contributed by atoms with Crippen LogP contribution in [0.5, 0.6) is 0 Å². The summed E-state index contributed by atoms with van der Waals surface area (Å²) in [5.41, 5.74) is 2.23. The lowest BCUT2D eigenvalue weighted by molar-refractivity contribution is 1.13. The Hall–Kier alpha value is -1.07. The number of halogens is 1. The van der Waals surface area contributed by atoms with E-state index in [-0.39, 0.29) is 0 Å². The summed E-state index contributed by atoms with van der Waals surface area (Å²) in [4.78, 5) is 6.35. The molecule has 1 N–H and O–H groups in total. The molecule has 5 heteroatoms. The molecule has 0 bridgehead atoms. The van der Waals surface area contributed by atoms with Crippen LogP contribution >= 0.6 is 27.3 Å². The van der Waals surface area contributed by atoms with Crippen LogP contribution in [0.15, 0.2) is 34.2 Å². The molecule has 0 aliphatic rings. The summed E-state index contributed by atoms with van der Waals surface area (Å²) in [6.07, 6.45) is 0. The van der Waals surface area contributed by atoms with Crippen LogP contribution in [0.25, 0.3) is 0 Å². The fourth-order valence-corrected chi connectivity index (χ4v) is 2.44. The van der Waals surface area contributed by atoms with E-state index < -0.39 is 0 Å². The van der Waals surface area contributed by atoms with Gasteiger partial charge in [-0.25, -0.2) is 4.98 Å². The molecule has 0 unspecified atom stereocenters. The molecule has 0 amide bonds. The third-order valence-corrected chi connectivity index (χ3v) is 3.58. The second-order valence-electron chi connectivity index (χ2n) is 3.54. The Kier molecular flexibility index (Phi) is 3.46. The third kappa shape index (κ3) is 2.74. The van der Waals surface area contributed by atoms with Gasteiger partial charge >= 0.3 is 0 Å². The van der Waals surface area contributed by atoms with Crippen LogP contribution in [-0.4, -0.2) is 19.1 Å². The highest BCUT2D eigenvalue weighted by molar-refractivity contribution is 9.10. The highest BCUT2D eigenvalue weighted by Gasteiger charge is 2.00. The SMILES string of the molecule is CN(C)c1ccc(Nc2nc(Br)cs2)cc1. The molecule has 1 heterocycles. The minimum atomic E-state index is 0.866. The molecule has 0 aliphatic carbocycles. The van der Waals surface area contributed by atoms with Crippen molar-refractivity contribution in [3.63, 3.8) is 0 Å². The zero-order chi connectivity index (χ0) is 11.5. The summed E-state index contributed by atoms with van der Waals surface area (Å²) < 4.78 is 0.866. The molecule has 16 heavy (non-hydrogen) atoms. The number of aromatic nitrogens is 1. The smallest absolute Gasteiger partial charge is 0.188 e. The Balaban J connectivity index is 2.11. The first-order valence-corrected chi connectivity index (χ1v) is 6.48. The maximum Gasteiger partial charge on any atom is 0.188 e. The van der Waals surface area contributed by atoms with Crippen LogP contribution in [0.1, 0.15) is 0 Å². The van der Waals surface area contributed by atoms with Crippen LogP contribution < -0.4 is 10.2 Å². The number of nitrogens with zero attached hydrogens (tertiary/aromatic N) is 2. The third-order valence-electron chi connectivity index (χ3n) is 2.11. The molecule has 0 fully saturated rings. The van der Waals surface area contributed by atoms with Gasteiger partial charge in [-0.1, -0.05) is 0 Å². The van der Waals surface area contributed by atoms with Crippen LogP contribution in [0, 0.1) is 0 Å². The molecule has 0 aliphatic heterocycles. The molecule has 0 saturated heterocycles. The fraction of sp³-hybridized carbons (Fsp3) is 0.182. The highest BCUT2D eigenvalue weighted by Crippen LogP contribution is 2.24. The van der Waals surface area contributed by atoms with Crippen molar-refractivity contribution in [2.75, 3.05) is 24.3 Å². The van der Waals surface area contributed by atoms with Crippen molar-refractivity contribution >= 4 is 43.8 Å². The quantitative estimate of drug-likeness (QED) is 0.936. The maximum absolute atomic E-state index is 4.28. The zero-order valence-corrected chi connectivity index (χ0v) is 11.5. The Morgan fingerprint density at radius 3 is 2.44 bits per heavy atom. The van der Waals surface area contributed by atoms with Crippen molar-refractivity contribution in [1.29, 1.82) is 0 Å². The minimum absolute atomic E-state index is 0.866. The van der Waals surface area contributed by atoms with Crippen molar-refractivity contribution in [1.82, 2.24) is 4.98 Å². The molecule has 2 aromatic rings. The van der Waals surface area contributed by atoms with Crippen LogP contribution in [0.4, 0.5) is 16.5 Å². The van der Waals surface area contributed by atoms with Gasteiger partial charge in [-0.2, -0.15) is 0 Å². The normalized spacial score (nSPS) is 10.2. The molecule has 2 rings (SSSR count). The lowest BCUT2D eigenvalue weighted by Crippen LogP contribution is -2.08. The number of rotatable bonds is 3. The number of thiazole rings is 1. The van der Waals surface area contributed by atoms with E-state index in [9.17, 15) is 0 Å². The topological polar surface area (TPSA) is 28.2 Å². The van der Waals surface area contributed by atoms with Gasteiger partial charge in [-0.15, -0.1) is 11.3 Å². The first kappa shape index (κ1) is 11.4. The number of benzene rings is 1. The minimum Gasteiger partial charge on any atom is -0.378 e. The van der Waals surface area contributed by atoms with Crippen molar-refractivity contribution in [3.05, 3.63) is 34.2 Å². The highest BCUT2D eigenvalue weighted by atomic mass is 79.9. The van der Waals surface area contributed by atoms with E-state index in [1.807, 2.05) is 31.6 Å². The van der Waals surface area contributed by atoms with Crippen molar-refractivity contribution < 1.29 is 0 Å². The Bertz CT molecular complexity index is 464. The van der Waals surface area contributed by atoms with Crippen molar-refractivity contribution in [3.8, 4) is 0 Å². The van der Waals surface area contributed by atoms with Crippen molar-refractivity contribution in [2.45, 2.75) is 0 Å². The molecule has 84 valence electrons. The van der Waals surface area contributed by atoms with E-state index in [1.165, 1.54) is 5.69 Å². The van der Waals surface area contributed by atoms with E-state index in [4.69, 9.17) is 0 Å². The Morgan fingerprint density at radius 2 is 1.94 bits per heavy atom. The summed E-state index contributed by atoms with van der Waals surface area (Å²) in [5.74, 6) is 0. The summed E-state index contributed by atoms with van der Waals surface area (Å²) in [7, 11) is 4.06. The first-order chi connectivity index (χ1) is 7.65. The van der Waals surface area contributed by atoms with Gasteiger partial charge < -0.3 is 10.2 Å². The molecule has 1 aromatic heterocycles. The van der Waals surface area contributed by atoms with Gasteiger partial charge in [0, 0.05) is 30.9 Å². The zero-order valence-electron chi connectivity index (χ0n) is 9.07. The van der Waals surface area contributed by atoms with Crippen molar-refractivity contribution in [2.24, 2.45) is 0 Å². The maximum atomic E-state index is 4.28. The Labute approximate surface area is 107 Å². The van der Waals surface area contributed by atoms with E-state index in [0.717, 1.165) is 15.4 Å². The lowest BCUT2D eigenvalue weighted by atomic mass is 10.2. The van der Waals surface area contributed by atoms with Crippen LogP contribution in [-0.2, 0) is 0 Å². The van der Waals surface area contributed by atoms with E-state index in [1.54, 1.807) is 11.3 Å². The number of nitrogens with one attached hydrogen (secondary N) is 1. The molecule has 0 radical (unpaired) electrons. The predicted octanol–water partition coefficient (Wildman–Crippen LogP) is 3.72. The van der Waals surface area contributed by atoms with Gasteiger partial charge in [0.15, 0.2) is 5.13 Å². The average molecular weight is 298 g/mol. The Morgan fingerprint density at radius 1 is 1.25 bits per heavy atom. The average Bonchev–Trinajstić information content (AvgIpc) is 2.65. The molecule has 0 spiro atoms. The first-order valence-electron chi connectivity index (χ1n) is 4.80. The van der Waals surface area contributed by atoms with Crippen LogP contribution in [0.2, 0.25) is 0 Å².